The van der Waals surface area contributed by atoms with Gasteiger partial charge in [-0.1, -0.05) is 12.1 Å². The Morgan fingerprint density at radius 1 is 1.06 bits per heavy atom. The topological polar surface area (TPSA) is 77.8 Å². The first kappa shape index (κ1) is 10.8. The lowest BCUT2D eigenvalue weighted by molar-refractivity contribution is 0.791. The Labute approximate surface area is 103 Å². The van der Waals surface area contributed by atoms with Gasteiger partial charge in [-0.2, -0.15) is 0 Å². The summed E-state index contributed by atoms with van der Waals surface area (Å²) in [5.41, 5.74) is 2.59. The third-order valence-corrected chi connectivity index (χ3v) is 3.11. The molecule has 5 nitrogen and oxygen atoms in total. The molecule has 1 aliphatic carbocycles. The van der Waals surface area contributed by atoms with Gasteiger partial charge in [0.2, 0.25) is 0 Å². The highest BCUT2D eigenvalue weighted by Gasteiger charge is 2.10. The fourth-order valence-corrected chi connectivity index (χ4v) is 2.30. The standard InChI is InChI=1S/C13H13N3O2/c17-12-7-11(15-13(18)16-12)14-10-5-4-8-2-1-3-9(10)6-8/h4-7H,1-3H2,(H3,14,15,16,17,18). The number of hydrogen-bond acceptors (Lipinski definition) is 3. The van der Waals surface area contributed by atoms with E-state index in [0.717, 1.165) is 24.9 Å². The van der Waals surface area contributed by atoms with Gasteiger partial charge in [-0.3, -0.25) is 14.8 Å². The predicted octanol–water partition coefficient (Wildman–Crippen LogP) is 1.30. The molecule has 1 heterocycles. The van der Waals surface area contributed by atoms with Gasteiger partial charge in [0, 0.05) is 11.8 Å². The van der Waals surface area contributed by atoms with E-state index >= 15 is 0 Å². The molecule has 0 spiro atoms. The maximum absolute atomic E-state index is 11.2. The molecule has 0 aliphatic heterocycles. The first-order valence-electron chi connectivity index (χ1n) is 5.93. The van der Waals surface area contributed by atoms with Crippen LogP contribution in [0.2, 0.25) is 0 Å². The van der Waals surface area contributed by atoms with Crippen molar-refractivity contribution in [2.24, 2.45) is 0 Å². The summed E-state index contributed by atoms with van der Waals surface area (Å²) >= 11 is 0. The van der Waals surface area contributed by atoms with Crippen molar-refractivity contribution in [1.29, 1.82) is 0 Å². The Hall–Kier alpha value is -2.30. The first-order chi connectivity index (χ1) is 8.70. The van der Waals surface area contributed by atoms with E-state index in [1.54, 1.807) is 0 Å². The maximum atomic E-state index is 11.2. The normalized spacial score (nSPS) is 13.3. The second kappa shape index (κ2) is 4.18. The number of aryl methyl sites for hydroxylation is 2. The van der Waals surface area contributed by atoms with Crippen LogP contribution in [0.15, 0.2) is 33.9 Å². The Balaban J connectivity index is 1.97. The van der Waals surface area contributed by atoms with Gasteiger partial charge >= 0.3 is 5.69 Å². The Morgan fingerprint density at radius 2 is 1.94 bits per heavy atom. The number of benzene rings is 1. The fraction of sp³-hybridized carbons (Fsp3) is 0.231. The van der Waals surface area contributed by atoms with Crippen LogP contribution in [-0.4, -0.2) is 9.97 Å². The van der Waals surface area contributed by atoms with Crippen LogP contribution in [0, 0.1) is 0 Å². The molecule has 0 radical (unpaired) electrons. The molecule has 0 fully saturated rings. The summed E-state index contributed by atoms with van der Waals surface area (Å²) in [5.74, 6) is 0.415. The molecule has 2 bridgehead atoms. The van der Waals surface area contributed by atoms with Crippen LogP contribution in [0.25, 0.3) is 0 Å². The largest absolute Gasteiger partial charge is 0.341 e. The van der Waals surface area contributed by atoms with Crippen molar-refractivity contribution in [3.05, 3.63) is 56.2 Å². The highest BCUT2D eigenvalue weighted by molar-refractivity contribution is 5.61. The molecule has 1 aromatic heterocycles. The minimum atomic E-state index is -0.504. The summed E-state index contributed by atoms with van der Waals surface area (Å²) in [5, 5.41) is 3.09. The fourth-order valence-electron chi connectivity index (χ4n) is 2.30. The molecule has 3 rings (SSSR count). The molecule has 0 atom stereocenters. The second-order valence-corrected chi connectivity index (χ2v) is 4.47. The maximum Gasteiger partial charge on any atom is 0.327 e. The van der Waals surface area contributed by atoms with Crippen molar-refractivity contribution in [2.75, 3.05) is 5.32 Å². The molecule has 18 heavy (non-hydrogen) atoms. The van der Waals surface area contributed by atoms with Gasteiger partial charge in [0.25, 0.3) is 5.56 Å². The second-order valence-electron chi connectivity index (χ2n) is 4.47. The number of hydrogen-bond donors (Lipinski definition) is 3. The molecule has 3 N–H and O–H groups in total. The highest BCUT2D eigenvalue weighted by Crippen LogP contribution is 2.26. The molecule has 0 saturated carbocycles. The van der Waals surface area contributed by atoms with Gasteiger partial charge in [-0.15, -0.1) is 0 Å². The van der Waals surface area contributed by atoms with Crippen LogP contribution in [-0.2, 0) is 12.8 Å². The molecule has 5 heteroatoms. The van der Waals surface area contributed by atoms with E-state index in [1.165, 1.54) is 17.2 Å². The molecular formula is C13H13N3O2. The number of aromatic amines is 2. The molecule has 0 unspecified atom stereocenters. The Morgan fingerprint density at radius 3 is 2.78 bits per heavy atom. The third kappa shape index (κ3) is 2.07. The van der Waals surface area contributed by atoms with Crippen molar-refractivity contribution >= 4 is 11.5 Å². The van der Waals surface area contributed by atoms with E-state index in [2.05, 4.69) is 27.4 Å². The van der Waals surface area contributed by atoms with E-state index in [4.69, 9.17) is 0 Å². The molecule has 2 aromatic rings. The lowest BCUT2D eigenvalue weighted by atomic mass is 9.94. The van der Waals surface area contributed by atoms with Gasteiger partial charge in [-0.25, -0.2) is 4.79 Å². The molecule has 1 aromatic carbocycles. The lowest BCUT2D eigenvalue weighted by Gasteiger charge is -2.17. The Bertz CT molecular complexity index is 672. The summed E-state index contributed by atoms with van der Waals surface area (Å²) in [6.45, 7) is 0. The van der Waals surface area contributed by atoms with E-state index in [1.807, 2.05) is 6.07 Å². The average Bonchev–Trinajstić information content (AvgIpc) is 2.32. The van der Waals surface area contributed by atoms with E-state index < -0.39 is 11.2 Å². The summed E-state index contributed by atoms with van der Waals surface area (Å²) in [4.78, 5) is 27.1. The number of anilines is 2. The number of nitrogens with one attached hydrogen (secondary N) is 3. The van der Waals surface area contributed by atoms with Crippen LogP contribution >= 0.6 is 0 Å². The SMILES string of the molecule is O=c1cc(Nc2ccc3cc2CCC3)[nH]c(=O)[nH]1. The predicted molar refractivity (Wildman–Crippen MR) is 69.4 cm³/mol. The number of H-pyrrole nitrogens is 2. The van der Waals surface area contributed by atoms with Crippen molar-refractivity contribution in [3.8, 4) is 0 Å². The number of rotatable bonds is 2. The van der Waals surface area contributed by atoms with Gasteiger partial charge in [0.1, 0.15) is 5.82 Å². The van der Waals surface area contributed by atoms with Crippen LogP contribution in [0.1, 0.15) is 17.5 Å². The zero-order chi connectivity index (χ0) is 12.5. The van der Waals surface area contributed by atoms with E-state index in [0.29, 0.717) is 5.82 Å². The van der Waals surface area contributed by atoms with E-state index in [-0.39, 0.29) is 0 Å². The quantitative estimate of drug-likeness (QED) is 0.743. The van der Waals surface area contributed by atoms with Crippen LogP contribution in [0.3, 0.4) is 0 Å². The van der Waals surface area contributed by atoms with Crippen molar-refractivity contribution in [3.63, 3.8) is 0 Å². The van der Waals surface area contributed by atoms with Crippen LogP contribution in [0.5, 0.6) is 0 Å². The number of fused-ring (bicyclic) bond motifs is 2. The minimum absolute atomic E-state index is 0.411. The molecule has 92 valence electrons. The van der Waals surface area contributed by atoms with Crippen molar-refractivity contribution in [2.45, 2.75) is 19.3 Å². The van der Waals surface area contributed by atoms with Crippen LogP contribution in [0.4, 0.5) is 11.5 Å². The molecule has 0 amide bonds. The highest BCUT2D eigenvalue weighted by atomic mass is 16.2. The Kier molecular flexibility index (Phi) is 2.51. The molecule has 0 saturated heterocycles. The summed E-state index contributed by atoms with van der Waals surface area (Å²) in [7, 11) is 0. The molecule has 1 aliphatic rings. The third-order valence-electron chi connectivity index (χ3n) is 3.11. The van der Waals surface area contributed by atoms with Gasteiger partial charge in [-0.05, 0) is 36.5 Å². The zero-order valence-electron chi connectivity index (χ0n) is 9.75. The smallest absolute Gasteiger partial charge is 0.327 e. The van der Waals surface area contributed by atoms with Crippen molar-refractivity contribution in [1.82, 2.24) is 9.97 Å². The van der Waals surface area contributed by atoms with Crippen molar-refractivity contribution < 1.29 is 0 Å². The average molecular weight is 243 g/mol. The summed E-state index contributed by atoms with van der Waals surface area (Å²) < 4.78 is 0. The van der Waals surface area contributed by atoms with E-state index in [9.17, 15) is 9.59 Å². The van der Waals surface area contributed by atoms with Gasteiger partial charge in [0.05, 0.1) is 0 Å². The summed E-state index contributed by atoms with van der Waals surface area (Å²) in [6.07, 6.45) is 3.28. The minimum Gasteiger partial charge on any atom is -0.341 e. The van der Waals surface area contributed by atoms with Gasteiger partial charge < -0.3 is 5.32 Å². The lowest BCUT2D eigenvalue weighted by Crippen LogP contribution is -2.22. The summed E-state index contributed by atoms with van der Waals surface area (Å²) in [6, 6.07) is 7.56. The van der Waals surface area contributed by atoms with Gasteiger partial charge in [0.15, 0.2) is 0 Å². The monoisotopic (exact) mass is 243 g/mol. The van der Waals surface area contributed by atoms with Crippen LogP contribution < -0.4 is 16.6 Å². The molecular weight excluding hydrogens is 230 g/mol. The first-order valence-corrected chi connectivity index (χ1v) is 5.93. The number of aromatic nitrogens is 2. The zero-order valence-corrected chi connectivity index (χ0v) is 9.75.